The number of fused-ring (bicyclic) bond motifs is 1. The Balaban J connectivity index is 1.66. The van der Waals surface area contributed by atoms with Gasteiger partial charge in [0.05, 0.1) is 26.2 Å². The summed E-state index contributed by atoms with van der Waals surface area (Å²) < 4.78 is 42.9. The number of hydrogen-bond acceptors (Lipinski definition) is 7. The van der Waals surface area contributed by atoms with Gasteiger partial charge >= 0.3 is 5.97 Å². The monoisotopic (exact) mass is 454 g/mol. The number of ether oxygens (including phenoxy) is 3. The molecule has 1 saturated carbocycles. The number of likely N-dealkylation sites (tertiary alicyclic amines) is 1. The molecule has 1 aromatic carbocycles. The fourth-order valence-electron chi connectivity index (χ4n) is 4.65. The van der Waals surface area contributed by atoms with Crippen LogP contribution in [0.25, 0.3) is 0 Å². The maximum atomic E-state index is 13.0. The molecule has 0 spiro atoms. The molecule has 2 aliphatic rings. The highest BCUT2D eigenvalue weighted by atomic mass is 32.2. The summed E-state index contributed by atoms with van der Waals surface area (Å²) in [6.07, 6.45) is 4.55. The number of nitrogens with zero attached hydrogens (tertiary/aromatic N) is 1. The van der Waals surface area contributed by atoms with Gasteiger partial charge in [0.25, 0.3) is 0 Å². The fraction of sp³-hybridized carbons (Fsp3) is 0.619. The summed E-state index contributed by atoms with van der Waals surface area (Å²) in [4.78, 5) is 26.9. The van der Waals surface area contributed by atoms with Gasteiger partial charge in [-0.05, 0) is 37.3 Å². The molecule has 1 N–H and O–H groups in total. The van der Waals surface area contributed by atoms with Crippen LogP contribution in [0.3, 0.4) is 0 Å². The molecule has 3 unspecified atom stereocenters. The van der Waals surface area contributed by atoms with E-state index in [0.717, 1.165) is 25.7 Å². The lowest BCUT2D eigenvalue weighted by molar-refractivity contribution is -0.152. The third-order valence-corrected chi connectivity index (χ3v) is 7.60. The van der Waals surface area contributed by atoms with Crippen molar-refractivity contribution in [2.75, 3.05) is 27.9 Å². The number of amides is 1. The summed E-state index contributed by atoms with van der Waals surface area (Å²) in [6.45, 7) is -0.0721. The van der Waals surface area contributed by atoms with E-state index in [4.69, 9.17) is 14.2 Å². The van der Waals surface area contributed by atoms with E-state index in [2.05, 4.69) is 4.72 Å². The Labute approximate surface area is 183 Å². The highest BCUT2D eigenvalue weighted by Gasteiger charge is 2.47. The molecule has 9 nitrogen and oxygen atoms in total. The number of esters is 1. The van der Waals surface area contributed by atoms with Gasteiger partial charge in [0.1, 0.15) is 6.04 Å². The molecular formula is C21H30N2O7S. The minimum atomic E-state index is -3.84. The van der Waals surface area contributed by atoms with E-state index in [1.807, 2.05) is 0 Å². The number of carbonyl (C=O) groups is 2. The summed E-state index contributed by atoms with van der Waals surface area (Å²) in [5, 5.41) is 0. The zero-order valence-electron chi connectivity index (χ0n) is 18.1. The molecular weight excluding hydrogens is 424 g/mol. The Morgan fingerprint density at radius 2 is 1.81 bits per heavy atom. The molecule has 1 aliphatic carbocycles. The number of rotatable bonds is 8. The van der Waals surface area contributed by atoms with Gasteiger partial charge in [0.2, 0.25) is 15.9 Å². The predicted molar refractivity (Wildman–Crippen MR) is 112 cm³/mol. The van der Waals surface area contributed by atoms with Crippen LogP contribution in [-0.4, -0.2) is 65.2 Å². The van der Waals surface area contributed by atoms with E-state index in [0.29, 0.717) is 23.8 Å². The van der Waals surface area contributed by atoms with Crippen LogP contribution in [0.15, 0.2) is 23.1 Å². The molecule has 0 bridgehead atoms. The summed E-state index contributed by atoms with van der Waals surface area (Å²) in [7, 11) is 0.369. The van der Waals surface area contributed by atoms with Crippen LogP contribution >= 0.6 is 0 Å². The predicted octanol–water partition coefficient (Wildman–Crippen LogP) is 1.70. The third-order valence-electron chi connectivity index (χ3n) is 6.15. The lowest BCUT2D eigenvalue weighted by Crippen LogP contribution is -2.47. The van der Waals surface area contributed by atoms with E-state index in [9.17, 15) is 18.0 Å². The Kier molecular flexibility index (Phi) is 7.42. The van der Waals surface area contributed by atoms with Crippen LogP contribution in [0, 0.1) is 5.92 Å². The molecule has 31 heavy (non-hydrogen) atoms. The first-order chi connectivity index (χ1) is 14.8. The van der Waals surface area contributed by atoms with E-state index in [-0.39, 0.29) is 29.8 Å². The zero-order chi connectivity index (χ0) is 22.6. The average Bonchev–Trinajstić information content (AvgIpc) is 3.17. The maximum absolute atomic E-state index is 13.0. The fourth-order valence-corrected chi connectivity index (χ4v) is 5.70. The Hall–Kier alpha value is -2.33. The highest BCUT2D eigenvalue weighted by molar-refractivity contribution is 7.89. The average molecular weight is 455 g/mol. The molecule has 172 valence electrons. The van der Waals surface area contributed by atoms with Crippen molar-refractivity contribution in [2.24, 2.45) is 5.92 Å². The minimum Gasteiger partial charge on any atom is -0.493 e. The van der Waals surface area contributed by atoms with Crippen LogP contribution in [0.4, 0.5) is 0 Å². The molecule has 1 aliphatic heterocycles. The van der Waals surface area contributed by atoms with Crippen molar-refractivity contribution >= 4 is 21.9 Å². The molecule has 1 amide bonds. The number of benzene rings is 1. The molecule has 0 radical (unpaired) electrons. The topological polar surface area (TPSA) is 111 Å². The highest BCUT2D eigenvalue weighted by Crippen LogP contribution is 2.40. The standard InChI is InChI=1S/C21H30N2O7S/c1-28-18-9-8-15(13-19(18)29-2)31(26,27)22-11-10-20(24)23-16-7-5-4-6-14(16)12-17(23)21(25)30-3/h8-9,13-14,16-17,22H,4-7,10-12H2,1-3H3. The van der Waals surface area contributed by atoms with Crippen molar-refractivity contribution < 1.29 is 32.2 Å². The lowest BCUT2D eigenvalue weighted by Gasteiger charge is -2.33. The van der Waals surface area contributed by atoms with Crippen molar-refractivity contribution in [1.29, 1.82) is 0 Å². The largest absolute Gasteiger partial charge is 0.493 e. The van der Waals surface area contributed by atoms with Crippen molar-refractivity contribution in [3.63, 3.8) is 0 Å². The molecule has 1 saturated heterocycles. The van der Waals surface area contributed by atoms with E-state index in [1.165, 1.54) is 39.5 Å². The molecule has 2 fully saturated rings. The summed E-state index contributed by atoms with van der Waals surface area (Å²) in [5.41, 5.74) is 0. The molecule has 0 aromatic heterocycles. The van der Waals surface area contributed by atoms with Crippen molar-refractivity contribution in [3.05, 3.63) is 18.2 Å². The normalized spacial score (nSPS) is 23.2. The molecule has 1 heterocycles. The molecule has 3 atom stereocenters. The second-order valence-electron chi connectivity index (χ2n) is 7.85. The third kappa shape index (κ3) is 4.95. The molecule has 3 rings (SSSR count). The first kappa shape index (κ1) is 23.3. The second kappa shape index (κ2) is 9.86. The second-order valence-corrected chi connectivity index (χ2v) is 9.62. The van der Waals surface area contributed by atoms with Crippen LogP contribution in [0.2, 0.25) is 0 Å². The van der Waals surface area contributed by atoms with Gasteiger partial charge in [-0.25, -0.2) is 17.9 Å². The van der Waals surface area contributed by atoms with Crippen LogP contribution in [0.1, 0.15) is 38.5 Å². The van der Waals surface area contributed by atoms with Crippen molar-refractivity contribution in [3.8, 4) is 11.5 Å². The van der Waals surface area contributed by atoms with Crippen LogP contribution in [0.5, 0.6) is 11.5 Å². The Bertz CT molecular complexity index is 918. The Morgan fingerprint density at radius 3 is 2.48 bits per heavy atom. The van der Waals surface area contributed by atoms with Gasteiger partial charge < -0.3 is 19.1 Å². The van der Waals surface area contributed by atoms with Gasteiger partial charge in [0.15, 0.2) is 11.5 Å². The summed E-state index contributed by atoms with van der Waals surface area (Å²) in [5.74, 6) is 0.364. The van der Waals surface area contributed by atoms with Gasteiger partial charge in [0, 0.05) is 25.1 Å². The smallest absolute Gasteiger partial charge is 0.328 e. The van der Waals surface area contributed by atoms with Crippen LogP contribution < -0.4 is 14.2 Å². The number of sulfonamides is 1. The first-order valence-corrected chi connectivity index (χ1v) is 11.9. The maximum Gasteiger partial charge on any atom is 0.328 e. The number of nitrogens with one attached hydrogen (secondary N) is 1. The zero-order valence-corrected chi connectivity index (χ0v) is 18.9. The van der Waals surface area contributed by atoms with Crippen molar-refractivity contribution in [1.82, 2.24) is 9.62 Å². The van der Waals surface area contributed by atoms with E-state index in [1.54, 1.807) is 4.90 Å². The van der Waals surface area contributed by atoms with E-state index >= 15 is 0 Å². The van der Waals surface area contributed by atoms with E-state index < -0.39 is 22.0 Å². The first-order valence-electron chi connectivity index (χ1n) is 10.4. The lowest BCUT2D eigenvalue weighted by atomic mass is 9.84. The van der Waals surface area contributed by atoms with Gasteiger partial charge in [-0.3, -0.25) is 4.79 Å². The quantitative estimate of drug-likeness (QED) is 0.595. The Morgan fingerprint density at radius 1 is 1.10 bits per heavy atom. The van der Waals surface area contributed by atoms with Gasteiger partial charge in [-0.15, -0.1) is 0 Å². The summed E-state index contributed by atoms with van der Waals surface area (Å²) in [6, 6.07) is 3.71. The summed E-state index contributed by atoms with van der Waals surface area (Å²) >= 11 is 0. The van der Waals surface area contributed by atoms with Gasteiger partial charge in [-0.2, -0.15) is 0 Å². The number of hydrogen-bond donors (Lipinski definition) is 1. The number of methoxy groups -OCH3 is 3. The van der Waals surface area contributed by atoms with Gasteiger partial charge in [-0.1, -0.05) is 12.8 Å². The molecule has 1 aromatic rings. The van der Waals surface area contributed by atoms with Crippen LogP contribution in [-0.2, 0) is 24.3 Å². The SMILES string of the molecule is COC(=O)C1CC2CCCCC2N1C(=O)CCNS(=O)(=O)c1ccc(OC)c(OC)c1. The molecule has 10 heteroatoms. The van der Waals surface area contributed by atoms with Crippen molar-refractivity contribution in [2.45, 2.75) is 55.5 Å². The minimum absolute atomic E-state index is 0.0125. The number of carbonyl (C=O) groups excluding carboxylic acids is 2.